The molecule has 2 atom stereocenters. The van der Waals surface area contributed by atoms with Crippen molar-refractivity contribution >= 4 is 18.9 Å². The molecule has 1 aromatic rings. The highest BCUT2D eigenvalue weighted by atomic mass is 32.2. The van der Waals surface area contributed by atoms with Gasteiger partial charge in [-0.15, -0.1) is 0 Å². The van der Waals surface area contributed by atoms with Gasteiger partial charge in [0, 0.05) is 13.0 Å². The minimum atomic E-state index is -1.39. The fourth-order valence-electron chi connectivity index (χ4n) is 1.98. The van der Waals surface area contributed by atoms with Gasteiger partial charge in [-0.1, -0.05) is 37.3 Å². The summed E-state index contributed by atoms with van der Waals surface area (Å²) < 4.78 is 12.8. The topological polar surface area (TPSA) is 37.3 Å². The minimum Gasteiger partial charge on any atom is -0.389 e. The van der Waals surface area contributed by atoms with Crippen molar-refractivity contribution < 1.29 is 9.32 Å². The van der Waals surface area contributed by atoms with Crippen LogP contribution in [0.5, 0.6) is 0 Å². The molecule has 0 aromatic heterocycles. The van der Waals surface area contributed by atoms with Gasteiger partial charge in [-0.25, -0.2) is 0 Å². The van der Waals surface area contributed by atoms with Crippen molar-refractivity contribution in [1.29, 1.82) is 0 Å². The molecule has 0 bridgehead atoms. The van der Waals surface area contributed by atoms with Crippen LogP contribution in [-0.4, -0.2) is 28.2 Å². The van der Waals surface area contributed by atoms with Crippen LogP contribution in [-0.2, 0) is 10.8 Å². The number of aliphatic hydroxyl groups is 1. The van der Waals surface area contributed by atoms with E-state index in [0.29, 0.717) is 0 Å². The molecule has 0 aliphatic carbocycles. The van der Waals surface area contributed by atoms with Crippen molar-refractivity contribution in [2.45, 2.75) is 62.2 Å². The Morgan fingerprint density at radius 3 is 2.05 bits per heavy atom. The lowest BCUT2D eigenvalue weighted by atomic mass is 10.1. The predicted molar refractivity (Wildman–Crippen MR) is 85.8 cm³/mol. The molecule has 0 spiro atoms. The highest BCUT2D eigenvalue weighted by molar-refractivity contribution is 7.86. The van der Waals surface area contributed by atoms with E-state index < -0.39 is 24.5 Å². The van der Waals surface area contributed by atoms with Crippen molar-refractivity contribution in [2.75, 3.05) is 0 Å². The molecule has 19 heavy (non-hydrogen) atoms. The zero-order valence-electron chi connectivity index (χ0n) is 12.9. The summed E-state index contributed by atoms with van der Waals surface area (Å²) >= 11 is 0. The molecule has 0 radical (unpaired) electrons. The van der Waals surface area contributed by atoms with E-state index in [-0.39, 0.29) is 5.25 Å². The summed E-state index contributed by atoms with van der Waals surface area (Å²) in [6, 6.07) is 8.63. The standard InChI is InChI=1S/C15H26O2SSi/c1-12-7-9-13(10-8-12)18(17)14(15(2,3)16)11-19(4,5)6/h7-10,14,16H,11H2,1-6H3/t14-,18?/m0/s1. The summed E-state index contributed by atoms with van der Waals surface area (Å²) in [5.74, 6) is 0. The number of rotatable bonds is 5. The second-order valence-electron chi connectivity index (χ2n) is 7.02. The molecule has 1 rings (SSSR count). The quantitative estimate of drug-likeness (QED) is 0.844. The van der Waals surface area contributed by atoms with Gasteiger partial charge in [-0.2, -0.15) is 0 Å². The van der Waals surface area contributed by atoms with Crippen LogP contribution in [0.3, 0.4) is 0 Å². The van der Waals surface area contributed by atoms with Crippen LogP contribution in [0, 0.1) is 6.92 Å². The van der Waals surface area contributed by atoms with Crippen molar-refractivity contribution in [3.63, 3.8) is 0 Å². The average Bonchev–Trinajstić information content (AvgIpc) is 2.23. The van der Waals surface area contributed by atoms with E-state index >= 15 is 0 Å². The highest BCUT2D eigenvalue weighted by Gasteiger charge is 2.36. The molecule has 2 nitrogen and oxygen atoms in total. The number of aryl methyl sites for hydroxylation is 1. The van der Waals surface area contributed by atoms with Gasteiger partial charge in [-0.3, -0.25) is 4.21 Å². The van der Waals surface area contributed by atoms with Crippen LogP contribution in [0.25, 0.3) is 0 Å². The number of hydrogen-bond donors (Lipinski definition) is 1. The summed E-state index contributed by atoms with van der Waals surface area (Å²) in [7, 11) is -2.55. The second-order valence-corrected chi connectivity index (χ2v) is 14.2. The highest BCUT2D eigenvalue weighted by Crippen LogP contribution is 2.28. The lowest BCUT2D eigenvalue weighted by Gasteiger charge is -2.33. The third-order valence-electron chi connectivity index (χ3n) is 3.10. The van der Waals surface area contributed by atoms with Crippen LogP contribution in [0.15, 0.2) is 29.2 Å². The van der Waals surface area contributed by atoms with E-state index in [1.807, 2.05) is 31.2 Å². The Kier molecular flexibility index (Phi) is 5.15. The summed E-state index contributed by atoms with van der Waals surface area (Å²) in [5.41, 5.74) is 0.237. The third-order valence-corrected chi connectivity index (χ3v) is 7.02. The summed E-state index contributed by atoms with van der Waals surface area (Å²) in [6.45, 7) is 12.3. The summed E-state index contributed by atoms with van der Waals surface area (Å²) in [6.07, 6.45) is 0. The van der Waals surface area contributed by atoms with Gasteiger partial charge in [0.15, 0.2) is 0 Å². The van der Waals surface area contributed by atoms with E-state index in [0.717, 1.165) is 16.5 Å². The molecule has 1 N–H and O–H groups in total. The van der Waals surface area contributed by atoms with Crippen LogP contribution in [0.4, 0.5) is 0 Å². The largest absolute Gasteiger partial charge is 0.389 e. The zero-order chi connectivity index (χ0) is 14.8. The number of benzene rings is 1. The molecular formula is C15H26O2SSi. The minimum absolute atomic E-state index is 0.207. The Morgan fingerprint density at radius 1 is 1.21 bits per heavy atom. The molecular weight excluding hydrogens is 272 g/mol. The van der Waals surface area contributed by atoms with Crippen LogP contribution >= 0.6 is 0 Å². The Morgan fingerprint density at radius 2 is 1.68 bits per heavy atom. The van der Waals surface area contributed by atoms with Crippen molar-refractivity contribution in [2.24, 2.45) is 0 Å². The van der Waals surface area contributed by atoms with Gasteiger partial charge in [-0.05, 0) is 38.9 Å². The smallest absolute Gasteiger partial charge is 0.0735 e. The Balaban J connectivity index is 3.05. The third kappa shape index (κ3) is 5.20. The summed E-state index contributed by atoms with van der Waals surface area (Å²) in [5, 5.41) is 10.1. The van der Waals surface area contributed by atoms with Gasteiger partial charge in [0.05, 0.1) is 21.7 Å². The molecule has 4 heteroatoms. The first-order valence-corrected chi connectivity index (χ1v) is 11.6. The van der Waals surface area contributed by atoms with Gasteiger partial charge >= 0.3 is 0 Å². The molecule has 1 aromatic carbocycles. The summed E-state index contributed by atoms with van der Waals surface area (Å²) in [4.78, 5) is 0.816. The first-order chi connectivity index (χ1) is 8.50. The normalized spacial score (nSPS) is 16.2. The Hall–Kier alpha value is -0.453. The van der Waals surface area contributed by atoms with Gasteiger partial charge in [0.1, 0.15) is 0 Å². The van der Waals surface area contributed by atoms with Crippen molar-refractivity contribution in [3.8, 4) is 0 Å². The fourth-order valence-corrected chi connectivity index (χ4v) is 6.95. The zero-order valence-corrected chi connectivity index (χ0v) is 14.7. The molecule has 0 aliphatic rings. The predicted octanol–water partition coefficient (Wildman–Crippen LogP) is 3.58. The maximum absolute atomic E-state index is 12.8. The lowest BCUT2D eigenvalue weighted by molar-refractivity contribution is 0.0806. The van der Waals surface area contributed by atoms with Crippen LogP contribution in [0.1, 0.15) is 19.4 Å². The lowest BCUT2D eigenvalue weighted by Crippen LogP contribution is -2.44. The second kappa shape index (κ2) is 5.90. The van der Waals surface area contributed by atoms with E-state index in [4.69, 9.17) is 0 Å². The van der Waals surface area contributed by atoms with Gasteiger partial charge in [0.25, 0.3) is 0 Å². The fraction of sp³-hybridized carbons (Fsp3) is 0.600. The monoisotopic (exact) mass is 298 g/mol. The SMILES string of the molecule is Cc1ccc(S(=O)[C@@H](C[Si](C)(C)C)C(C)(C)O)cc1. The number of hydrogen-bond acceptors (Lipinski definition) is 2. The first kappa shape index (κ1) is 16.6. The van der Waals surface area contributed by atoms with Gasteiger partial charge in [0.2, 0.25) is 0 Å². The van der Waals surface area contributed by atoms with Crippen LogP contribution < -0.4 is 0 Å². The van der Waals surface area contributed by atoms with Gasteiger partial charge < -0.3 is 5.11 Å². The molecule has 0 heterocycles. The average molecular weight is 299 g/mol. The van der Waals surface area contributed by atoms with Crippen molar-refractivity contribution in [1.82, 2.24) is 0 Å². The molecule has 0 fully saturated rings. The molecule has 108 valence electrons. The molecule has 0 amide bonds. The molecule has 0 aliphatic heterocycles. The molecule has 1 unspecified atom stereocenters. The Bertz CT molecular complexity index is 441. The van der Waals surface area contributed by atoms with Crippen molar-refractivity contribution in [3.05, 3.63) is 29.8 Å². The molecule has 0 saturated heterocycles. The molecule has 0 saturated carbocycles. The van der Waals surface area contributed by atoms with E-state index in [9.17, 15) is 9.32 Å². The van der Waals surface area contributed by atoms with Crippen LogP contribution in [0.2, 0.25) is 25.7 Å². The van der Waals surface area contributed by atoms with E-state index in [2.05, 4.69) is 19.6 Å². The maximum Gasteiger partial charge on any atom is 0.0735 e. The first-order valence-electron chi connectivity index (χ1n) is 6.70. The maximum atomic E-state index is 12.8. The van der Waals surface area contributed by atoms with E-state index in [1.165, 1.54) is 0 Å². The Labute approximate surface area is 120 Å². The van der Waals surface area contributed by atoms with E-state index in [1.54, 1.807) is 13.8 Å².